The second-order valence-corrected chi connectivity index (χ2v) is 6.96. The fourth-order valence-electron chi connectivity index (χ4n) is 1.99. The average molecular weight is 319 g/mol. The van der Waals surface area contributed by atoms with Gasteiger partial charge in [0.1, 0.15) is 0 Å². The normalized spacial score (nSPS) is 22.6. The van der Waals surface area contributed by atoms with Crippen LogP contribution in [-0.2, 0) is 10.0 Å². The highest BCUT2D eigenvalue weighted by molar-refractivity contribution is 9.10. The molecule has 17 heavy (non-hydrogen) atoms. The van der Waals surface area contributed by atoms with E-state index in [1.807, 2.05) is 0 Å². The minimum Gasteiger partial charge on any atom is -0.327 e. The van der Waals surface area contributed by atoms with Crippen molar-refractivity contribution in [3.05, 3.63) is 28.7 Å². The van der Waals surface area contributed by atoms with Crippen molar-refractivity contribution in [1.82, 2.24) is 4.31 Å². The summed E-state index contributed by atoms with van der Waals surface area (Å²) in [5, 5.41) is 0. The molecule has 1 fully saturated rings. The summed E-state index contributed by atoms with van der Waals surface area (Å²) in [7, 11) is -3.42. The first-order valence-corrected chi connectivity index (χ1v) is 7.75. The number of nitrogens with zero attached hydrogens (tertiary/aromatic N) is 1. The van der Waals surface area contributed by atoms with E-state index in [0.29, 0.717) is 22.5 Å². The van der Waals surface area contributed by atoms with Gasteiger partial charge >= 0.3 is 0 Å². The second kappa shape index (κ2) is 5.06. The molecule has 0 amide bonds. The maximum atomic E-state index is 12.4. The van der Waals surface area contributed by atoms with Crippen LogP contribution in [0.15, 0.2) is 33.6 Å². The predicted octanol–water partition coefficient (Wildman–Crippen LogP) is 1.56. The lowest BCUT2D eigenvalue weighted by molar-refractivity contribution is 0.316. The summed E-state index contributed by atoms with van der Waals surface area (Å²) in [6, 6.07) is 6.81. The van der Waals surface area contributed by atoms with Crippen molar-refractivity contribution in [2.24, 2.45) is 5.73 Å². The van der Waals surface area contributed by atoms with Gasteiger partial charge in [-0.05, 0) is 40.9 Å². The number of piperidine rings is 1. The number of halogens is 1. The molecule has 0 radical (unpaired) electrons. The monoisotopic (exact) mass is 318 g/mol. The van der Waals surface area contributed by atoms with Gasteiger partial charge in [0.2, 0.25) is 10.0 Å². The summed E-state index contributed by atoms with van der Waals surface area (Å²) >= 11 is 3.28. The molecule has 2 N–H and O–H groups in total. The maximum absolute atomic E-state index is 12.4. The lowest BCUT2D eigenvalue weighted by Crippen LogP contribution is -2.45. The predicted molar refractivity (Wildman–Crippen MR) is 70.1 cm³/mol. The van der Waals surface area contributed by atoms with E-state index in [1.54, 1.807) is 24.3 Å². The lowest BCUT2D eigenvalue weighted by Gasteiger charge is -2.30. The molecule has 0 saturated carbocycles. The van der Waals surface area contributed by atoms with Crippen LogP contribution in [0.2, 0.25) is 0 Å². The molecule has 1 aliphatic heterocycles. The highest BCUT2D eigenvalue weighted by Crippen LogP contribution is 2.26. The van der Waals surface area contributed by atoms with Gasteiger partial charge < -0.3 is 5.73 Å². The molecule has 1 atom stereocenters. The van der Waals surface area contributed by atoms with Crippen LogP contribution in [-0.4, -0.2) is 31.9 Å². The smallest absolute Gasteiger partial charge is 0.244 e. The van der Waals surface area contributed by atoms with E-state index in [1.165, 1.54) is 4.31 Å². The van der Waals surface area contributed by atoms with Gasteiger partial charge in [0.05, 0.1) is 4.90 Å². The molecule has 4 nitrogen and oxygen atoms in total. The van der Waals surface area contributed by atoms with E-state index in [-0.39, 0.29) is 6.04 Å². The molecule has 94 valence electrons. The summed E-state index contributed by atoms with van der Waals surface area (Å²) < 4.78 is 26.9. The number of rotatable bonds is 2. The Hall–Kier alpha value is -0.430. The Morgan fingerprint density at radius 3 is 2.71 bits per heavy atom. The molecule has 1 aromatic carbocycles. The summed E-state index contributed by atoms with van der Waals surface area (Å²) in [6.07, 6.45) is 1.72. The molecule has 1 saturated heterocycles. The summed E-state index contributed by atoms with van der Waals surface area (Å²) in [5.41, 5.74) is 5.82. The van der Waals surface area contributed by atoms with Gasteiger partial charge in [-0.2, -0.15) is 4.31 Å². The van der Waals surface area contributed by atoms with Crippen molar-refractivity contribution in [2.45, 2.75) is 23.8 Å². The Morgan fingerprint density at radius 1 is 1.35 bits per heavy atom. The van der Waals surface area contributed by atoms with Crippen LogP contribution in [0.5, 0.6) is 0 Å². The molecular weight excluding hydrogens is 304 g/mol. The third-order valence-electron chi connectivity index (χ3n) is 2.88. The standard InChI is InChI=1S/C11H15BrN2O2S/c12-10-5-1-2-6-11(10)17(15,16)14-7-3-4-9(13)8-14/h1-2,5-6,9H,3-4,7-8,13H2. The van der Waals surface area contributed by atoms with Crippen molar-refractivity contribution in [2.75, 3.05) is 13.1 Å². The molecule has 6 heteroatoms. The van der Waals surface area contributed by atoms with Gasteiger partial charge in [-0.3, -0.25) is 0 Å². The Bertz CT molecular complexity index is 504. The fourth-order valence-corrected chi connectivity index (χ4v) is 4.48. The van der Waals surface area contributed by atoms with Crippen LogP contribution < -0.4 is 5.73 Å². The first-order chi connectivity index (χ1) is 8.01. The third kappa shape index (κ3) is 2.70. The van der Waals surface area contributed by atoms with Gasteiger partial charge in [0.25, 0.3) is 0 Å². The van der Waals surface area contributed by atoms with E-state index in [2.05, 4.69) is 15.9 Å². The van der Waals surface area contributed by atoms with Gasteiger partial charge in [-0.15, -0.1) is 0 Å². The van der Waals surface area contributed by atoms with Crippen LogP contribution in [0.1, 0.15) is 12.8 Å². The number of hydrogen-bond donors (Lipinski definition) is 1. The van der Waals surface area contributed by atoms with E-state index in [4.69, 9.17) is 5.73 Å². The molecule has 1 unspecified atom stereocenters. The third-order valence-corrected chi connectivity index (χ3v) is 5.75. The summed E-state index contributed by atoms with van der Waals surface area (Å²) in [5.74, 6) is 0. The molecule has 0 aromatic heterocycles. The molecule has 0 spiro atoms. The minimum atomic E-state index is -3.42. The Kier molecular flexibility index (Phi) is 3.87. The van der Waals surface area contributed by atoms with E-state index < -0.39 is 10.0 Å². The average Bonchev–Trinajstić information content (AvgIpc) is 2.29. The van der Waals surface area contributed by atoms with Crippen LogP contribution in [0, 0.1) is 0 Å². The van der Waals surface area contributed by atoms with E-state index in [0.717, 1.165) is 12.8 Å². The molecular formula is C11H15BrN2O2S. The van der Waals surface area contributed by atoms with Crippen LogP contribution in [0.25, 0.3) is 0 Å². The fraction of sp³-hybridized carbons (Fsp3) is 0.455. The summed E-state index contributed by atoms with van der Waals surface area (Å²) in [6.45, 7) is 0.959. The van der Waals surface area contributed by atoms with Gasteiger partial charge in [0, 0.05) is 23.6 Å². The Labute approximate surface area is 110 Å². The van der Waals surface area contributed by atoms with Gasteiger partial charge in [-0.1, -0.05) is 12.1 Å². The molecule has 1 aromatic rings. The number of sulfonamides is 1. The SMILES string of the molecule is NC1CCCN(S(=O)(=O)c2ccccc2Br)C1. The molecule has 0 bridgehead atoms. The maximum Gasteiger partial charge on any atom is 0.244 e. The Balaban J connectivity index is 2.33. The van der Waals surface area contributed by atoms with Crippen LogP contribution in [0.3, 0.4) is 0 Å². The molecule has 1 aliphatic rings. The number of benzene rings is 1. The Morgan fingerprint density at radius 2 is 2.06 bits per heavy atom. The van der Waals surface area contributed by atoms with Crippen molar-refractivity contribution < 1.29 is 8.42 Å². The number of hydrogen-bond acceptors (Lipinski definition) is 3. The lowest BCUT2D eigenvalue weighted by atomic mass is 10.1. The highest BCUT2D eigenvalue weighted by Gasteiger charge is 2.29. The van der Waals surface area contributed by atoms with Crippen molar-refractivity contribution in [3.63, 3.8) is 0 Å². The molecule has 1 heterocycles. The van der Waals surface area contributed by atoms with Crippen molar-refractivity contribution in [3.8, 4) is 0 Å². The van der Waals surface area contributed by atoms with Crippen LogP contribution in [0.4, 0.5) is 0 Å². The topological polar surface area (TPSA) is 63.4 Å². The second-order valence-electron chi connectivity index (χ2n) is 4.20. The first-order valence-electron chi connectivity index (χ1n) is 5.52. The largest absolute Gasteiger partial charge is 0.327 e. The van der Waals surface area contributed by atoms with Gasteiger partial charge in [-0.25, -0.2) is 8.42 Å². The van der Waals surface area contributed by atoms with Crippen LogP contribution >= 0.6 is 15.9 Å². The number of nitrogens with two attached hydrogens (primary N) is 1. The highest BCUT2D eigenvalue weighted by atomic mass is 79.9. The zero-order valence-electron chi connectivity index (χ0n) is 9.34. The zero-order chi connectivity index (χ0) is 12.5. The first kappa shape index (κ1) is 13.0. The minimum absolute atomic E-state index is 0.0546. The quantitative estimate of drug-likeness (QED) is 0.900. The summed E-state index contributed by atoms with van der Waals surface area (Å²) in [4.78, 5) is 0.314. The van der Waals surface area contributed by atoms with E-state index >= 15 is 0 Å². The molecule has 2 rings (SSSR count). The van der Waals surface area contributed by atoms with Crippen molar-refractivity contribution >= 4 is 26.0 Å². The van der Waals surface area contributed by atoms with Gasteiger partial charge in [0.15, 0.2) is 0 Å². The van der Waals surface area contributed by atoms with Crippen molar-refractivity contribution in [1.29, 1.82) is 0 Å². The molecule has 0 aliphatic carbocycles. The zero-order valence-corrected chi connectivity index (χ0v) is 11.7. The van der Waals surface area contributed by atoms with E-state index in [9.17, 15) is 8.42 Å².